The van der Waals surface area contributed by atoms with Crippen LogP contribution in [0.1, 0.15) is 47.1 Å². The van der Waals surface area contributed by atoms with Gasteiger partial charge in [-0.3, -0.25) is 9.78 Å². The summed E-state index contributed by atoms with van der Waals surface area (Å²) in [6.07, 6.45) is 3.22. The van der Waals surface area contributed by atoms with E-state index in [9.17, 15) is 4.79 Å². The van der Waals surface area contributed by atoms with Gasteiger partial charge in [0.25, 0.3) is 5.91 Å². The summed E-state index contributed by atoms with van der Waals surface area (Å²) >= 11 is 0. The second-order valence-corrected chi connectivity index (χ2v) is 5.58. The Morgan fingerprint density at radius 3 is 2.67 bits per heavy atom. The van der Waals surface area contributed by atoms with E-state index in [2.05, 4.69) is 4.98 Å². The Kier molecular flexibility index (Phi) is 4.00. The number of rotatable bonds is 2. The van der Waals surface area contributed by atoms with Crippen LogP contribution in [0.2, 0.25) is 0 Å². The quantitative estimate of drug-likeness (QED) is 0.839. The number of carbonyl (C=O) groups excluding carboxylic acids is 1. The minimum atomic E-state index is 0.103. The van der Waals surface area contributed by atoms with E-state index in [-0.39, 0.29) is 11.9 Å². The highest BCUT2D eigenvalue weighted by molar-refractivity contribution is 5.94. The van der Waals surface area contributed by atoms with E-state index in [1.165, 1.54) is 0 Å². The number of aromatic nitrogens is 1. The fraction of sp³-hybridized carbons (Fsp3) is 0.333. The van der Waals surface area contributed by atoms with Crippen LogP contribution in [0.15, 0.2) is 48.5 Å². The van der Waals surface area contributed by atoms with Crippen molar-refractivity contribution in [3.8, 4) is 0 Å². The SMILES string of the molecule is Cc1cccc(C2CCCCN2C(=O)c2ccccc2)n1. The zero-order chi connectivity index (χ0) is 14.7. The summed E-state index contributed by atoms with van der Waals surface area (Å²) in [5.41, 5.74) is 2.78. The smallest absolute Gasteiger partial charge is 0.254 e. The van der Waals surface area contributed by atoms with Gasteiger partial charge < -0.3 is 4.90 Å². The van der Waals surface area contributed by atoms with Crippen LogP contribution >= 0.6 is 0 Å². The molecule has 0 radical (unpaired) electrons. The molecule has 1 fully saturated rings. The van der Waals surface area contributed by atoms with Crippen LogP contribution in [0, 0.1) is 6.92 Å². The van der Waals surface area contributed by atoms with E-state index in [1.807, 2.05) is 60.4 Å². The van der Waals surface area contributed by atoms with Gasteiger partial charge in [-0.25, -0.2) is 0 Å². The summed E-state index contributed by atoms with van der Waals surface area (Å²) < 4.78 is 0. The molecule has 0 N–H and O–H groups in total. The molecule has 3 rings (SSSR count). The molecule has 1 aromatic carbocycles. The first-order valence-electron chi connectivity index (χ1n) is 7.55. The number of hydrogen-bond acceptors (Lipinski definition) is 2. The molecule has 108 valence electrons. The monoisotopic (exact) mass is 280 g/mol. The second-order valence-electron chi connectivity index (χ2n) is 5.58. The van der Waals surface area contributed by atoms with Crippen LogP contribution in [0.5, 0.6) is 0 Å². The van der Waals surface area contributed by atoms with Gasteiger partial charge in [0.2, 0.25) is 0 Å². The Labute approximate surface area is 125 Å². The van der Waals surface area contributed by atoms with Gasteiger partial charge in [0, 0.05) is 17.8 Å². The zero-order valence-electron chi connectivity index (χ0n) is 12.3. The predicted octanol–water partition coefficient (Wildman–Crippen LogP) is 3.76. The summed E-state index contributed by atoms with van der Waals surface area (Å²) in [4.78, 5) is 19.4. The lowest BCUT2D eigenvalue weighted by Crippen LogP contribution is -2.38. The minimum absolute atomic E-state index is 0.103. The molecule has 21 heavy (non-hydrogen) atoms. The van der Waals surface area contributed by atoms with Crippen molar-refractivity contribution < 1.29 is 4.79 Å². The third-order valence-corrected chi connectivity index (χ3v) is 4.04. The molecular formula is C18H20N2O. The molecule has 3 nitrogen and oxygen atoms in total. The number of aryl methyl sites for hydroxylation is 1. The van der Waals surface area contributed by atoms with Crippen LogP contribution < -0.4 is 0 Å². The van der Waals surface area contributed by atoms with Crippen molar-refractivity contribution >= 4 is 5.91 Å². The fourth-order valence-electron chi connectivity index (χ4n) is 2.98. The lowest BCUT2D eigenvalue weighted by atomic mass is 9.97. The third-order valence-electron chi connectivity index (χ3n) is 4.04. The number of nitrogens with zero attached hydrogens (tertiary/aromatic N) is 2. The first kappa shape index (κ1) is 13.8. The van der Waals surface area contributed by atoms with Gasteiger partial charge in [0.1, 0.15) is 0 Å². The number of pyridine rings is 1. The number of piperidine rings is 1. The van der Waals surface area contributed by atoms with Gasteiger partial charge >= 0.3 is 0 Å². The van der Waals surface area contributed by atoms with Crippen molar-refractivity contribution in [3.05, 3.63) is 65.5 Å². The highest BCUT2D eigenvalue weighted by atomic mass is 16.2. The summed E-state index contributed by atoms with van der Waals surface area (Å²) in [5.74, 6) is 0.114. The average Bonchev–Trinajstić information content (AvgIpc) is 2.55. The molecule has 0 bridgehead atoms. The van der Waals surface area contributed by atoms with Gasteiger partial charge in [-0.2, -0.15) is 0 Å². The molecule has 1 saturated heterocycles. The highest BCUT2D eigenvalue weighted by Crippen LogP contribution is 2.31. The maximum Gasteiger partial charge on any atom is 0.254 e. The van der Waals surface area contributed by atoms with E-state index in [4.69, 9.17) is 0 Å². The highest BCUT2D eigenvalue weighted by Gasteiger charge is 2.29. The van der Waals surface area contributed by atoms with Crippen LogP contribution in [0.25, 0.3) is 0 Å². The largest absolute Gasteiger partial charge is 0.330 e. The average molecular weight is 280 g/mol. The summed E-state index contributed by atoms with van der Waals surface area (Å²) in [6, 6.07) is 15.7. The Morgan fingerprint density at radius 1 is 1.10 bits per heavy atom. The summed E-state index contributed by atoms with van der Waals surface area (Å²) in [6.45, 7) is 2.81. The Bertz CT molecular complexity index is 624. The Hall–Kier alpha value is -2.16. The lowest BCUT2D eigenvalue weighted by Gasteiger charge is -2.35. The number of carbonyl (C=O) groups is 1. The first-order chi connectivity index (χ1) is 10.3. The molecule has 2 aromatic rings. The van der Waals surface area contributed by atoms with Gasteiger partial charge in [0.15, 0.2) is 0 Å². The molecule has 2 heterocycles. The Morgan fingerprint density at radius 2 is 1.90 bits per heavy atom. The maximum absolute atomic E-state index is 12.8. The van der Waals surface area contributed by atoms with E-state index in [0.717, 1.165) is 42.8 Å². The van der Waals surface area contributed by atoms with Crippen LogP contribution in [-0.4, -0.2) is 22.3 Å². The molecule has 1 atom stereocenters. The second kappa shape index (κ2) is 6.08. The number of amides is 1. The molecule has 0 spiro atoms. The molecule has 1 aromatic heterocycles. The van der Waals surface area contributed by atoms with Crippen molar-refractivity contribution in [2.24, 2.45) is 0 Å². The molecule has 1 aliphatic rings. The minimum Gasteiger partial charge on any atom is -0.330 e. The van der Waals surface area contributed by atoms with Crippen LogP contribution in [0.4, 0.5) is 0 Å². The van der Waals surface area contributed by atoms with E-state index < -0.39 is 0 Å². The Balaban J connectivity index is 1.90. The van der Waals surface area contributed by atoms with Gasteiger partial charge in [-0.15, -0.1) is 0 Å². The molecule has 0 aliphatic carbocycles. The topological polar surface area (TPSA) is 33.2 Å². The fourth-order valence-corrected chi connectivity index (χ4v) is 2.98. The van der Waals surface area contributed by atoms with E-state index in [1.54, 1.807) is 0 Å². The van der Waals surface area contributed by atoms with Crippen molar-refractivity contribution in [3.63, 3.8) is 0 Å². The van der Waals surface area contributed by atoms with Gasteiger partial charge in [-0.1, -0.05) is 24.3 Å². The van der Waals surface area contributed by atoms with Crippen molar-refractivity contribution in [1.29, 1.82) is 0 Å². The summed E-state index contributed by atoms with van der Waals surface area (Å²) in [7, 11) is 0. The molecule has 3 heteroatoms. The molecule has 1 aliphatic heterocycles. The van der Waals surface area contributed by atoms with E-state index in [0.29, 0.717) is 0 Å². The number of likely N-dealkylation sites (tertiary alicyclic amines) is 1. The molecule has 1 amide bonds. The normalized spacial score (nSPS) is 18.5. The molecular weight excluding hydrogens is 260 g/mol. The lowest BCUT2D eigenvalue weighted by molar-refractivity contribution is 0.0606. The van der Waals surface area contributed by atoms with E-state index >= 15 is 0 Å². The standard InChI is InChI=1S/C18H20N2O/c1-14-8-7-11-16(19-14)17-12-5-6-13-20(17)18(21)15-9-3-2-4-10-15/h2-4,7-11,17H,5-6,12-13H2,1H3. The van der Waals surface area contributed by atoms with Gasteiger partial charge in [0.05, 0.1) is 11.7 Å². The van der Waals surface area contributed by atoms with Crippen molar-refractivity contribution in [2.75, 3.05) is 6.54 Å². The van der Waals surface area contributed by atoms with Crippen LogP contribution in [-0.2, 0) is 0 Å². The predicted molar refractivity (Wildman–Crippen MR) is 83.0 cm³/mol. The van der Waals surface area contributed by atoms with Gasteiger partial charge in [-0.05, 0) is 50.5 Å². The van der Waals surface area contributed by atoms with Crippen LogP contribution in [0.3, 0.4) is 0 Å². The first-order valence-corrected chi connectivity index (χ1v) is 7.55. The number of hydrogen-bond donors (Lipinski definition) is 0. The maximum atomic E-state index is 12.8. The molecule has 0 saturated carbocycles. The summed E-state index contributed by atoms with van der Waals surface area (Å²) in [5, 5.41) is 0. The van der Waals surface area contributed by atoms with Crippen molar-refractivity contribution in [1.82, 2.24) is 9.88 Å². The number of benzene rings is 1. The van der Waals surface area contributed by atoms with Crippen molar-refractivity contribution in [2.45, 2.75) is 32.2 Å². The molecule has 1 unspecified atom stereocenters. The third kappa shape index (κ3) is 2.97. The zero-order valence-corrected chi connectivity index (χ0v) is 12.3.